The molecule has 1 atom stereocenters. The van der Waals surface area contributed by atoms with Crippen LogP contribution in [-0.2, 0) is 12.7 Å². The second-order valence-electron chi connectivity index (χ2n) is 4.14. The SMILES string of the molecule is CC(CO)N(C)Cc1cccc(C(F)(F)F)c1. The number of likely N-dealkylation sites (N-methyl/N-ethyl adjacent to an activating group) is 1. The number of aliphatic hydroxyl groups is 1. The van der Waals surface area contributed by atoms with Gasteiger partial charge in [-0.15, -0.1) is 0 Å². The molecule has 1 aromatic rings. The summed E-state index contributed by atoms with van der Waals surface area (Å²) in [6.45, 7) is 2.18. The highest BCUT2D eigenvalue weighted by atomic mass is 19.4. The standard InChI is InChI=1S/C12H16F3NO/c1-9(8-17)16(2)7-10-4-3-5-11(6-10)12(13,14)15/h3-6,9,17H,7-8H2,1-2H3. The molecule has 1 N–H and O–H groups in total. The molecular formula is C12H16F3NO. The molecule has 0 aliphatic rings. The fourth-order valence-electron chi connectivity index (χ4n) is 1.43. The van der Waals surface area contributed by atoms with Crippen molar-refractivity contribution in [2.75, 3.05) is 13.7 Å². The van der Waals surface area contributed by atoms with Gasteiger partial charge in [0.25, 0.3) is 0 Å². The fraction of sp³-hybridized carbons (Fsp3) is 0.500. The Morgan fingerprint density at radius 2 is 2.00 bits per heavy atom. The Morgan fingerprint density at radius 3 is 2.53 bits per heavy atom. The average molecular weight is 247 g/mol. The van der Waals surface area contributed by atoms with E-state index in [-0.39, 0.29) is 12.6 Å². The predicted molar refractivity (Wildman–Crippen MR) is 59.5 cm³/mol. The molecule has 1 rings (SSSR count). The van der Waals surface area contributed by atoms with Crippen molar-refractivity contribution in [3.63, 3.8) is 0 Å². The maximum atomic E-state index is 12.5. The smallest absolute Gasteiger partial charge is 0.395 e. The molecule has 0 fully saturated rings. The molecule has 0 aromatic heterocycles. The minimum absolute atomic E-state index is 0.0184. The molecule has 1 aromatic carbocycles. The van der Waals surface area contributed by atoms with Crippen LogP contribution >= 0.6 is 0 Å². The molecule has 0 spiro atoms. The van der Waals surface area contributed by atoms with Crippen LogP contribution in [0.1, 0.15) is 18.1 Å². The first-order valence-corrected chi connectivity index (χ1v) is 5.32. The van der Waals surface area contributed by atoms with Crippen LogP contribution in [0.2, 0.25) is 0 Å². The van der Waals surface area contributed by atoms with Crippen LogP contribution in [0.3, 0.4) is 0 Å². The van der Waals surface area contributed by atoms with Gasteiger partial charge in [0, 0.05) is 12.6 Å². The van der Waals surface area contributed by atoms with Gasteiger partial charge >= 0.3 is 6.18 Å². The van der Waals surface area contributed by atoms with Crippen molar-refractivity contribution in [3.8, 4) is 0 Å². The molecule has 2 nitrogen and oxygen atoms in total. The van der Waals surface area contributed by atoms with Crippen LogP contribution in [0, 0.1) is 0 Å². The van der Waals surface area contributed by atoms with E-state index in [0.717, 1.165) is 12.1 Å². The van der Waals surface area contributed by atoms with Crippen molar-refractivity contribution in [1.29, 1.82) is 0 Å². The van der Waals surface area contributed by atoms with Crippen molar-refractivity contribution in [1.82, 2.24) is 4.90 Å². The monoisotopic (exact) mass is 247 g/mol. The van der Waals surface area contributed by atoms with E-state index in [9.17, 15) is 13.2 Å². The van der Waals surface area contributed by atoms with E-state index >= 15 is 0 Å². The van der Waals surface area contributed by atoms with Crippen LogP contribution in [0.15, 0.2) is 24.3 Å². The largest absolute Gasteiger partial charge is 0.416 e. The van der Waals surface area contributed by atoms with E-state index in [1.807, 2.05) is 6.92 Å². The summed E-state index contributed by atoms with van der Waals surface area (Å²) in [7, 11) is 1.77. The predicted octanol–water partition coefficient (Wildman–Crippen LogP) is 2.52. The number of alkyl halides is 3. The van der Waals surface area contributed by atoms with Gasteiger partial charge in [-0.05, 0) is 25.6 Å². The third kappa shape index (κ3) is 4.02. The Hall–Kier alpha value is -1.07. The summed E-state index contributed by atoms with van der Waals surface area (Å²) in [5.74, 6) is 0. The fourth-order valence-corrected chi connectivity index (χ4v) is 1.43. The second kappa shape index (κ2) is 5.51. The van der Waals surface area contributed by atoms with Crippen LogP contribution < -0.4 is 0 Å². The minimum atomic E-state index is -4.31. The van der Waals surface area contributed by atoms with Gasteiger partial charge in [-0.25, -0.2) is 0 Å². The number of aliphatic hydroxyl groups excluding tert-OH is 1. The van der Waals surface area contributed by atoms with Crippen LogP contribution in [0.4, 0.5) is 13.2 Å². The van der Waals surface area contributed by atoms with Crippen LogP contribution in [0.5, 0.6) is 0 Å². The van der Waals surface area contributed by atoms with Crippen molar-refractivity contribution in [3.05, 3.63) is 35.4 Å². The lowest BCUT2D eigenvalue weighted by molar-refractivity contribution is -0.137. The molecule has 5 heteroatoms. The summed E-state index contributed by atoms with van der Waals surface area (Å²) >= 11 is 0. The first-order valence-electron chi connectivity index (χ1n) is 5.32. The number of nitrogens with zero attached hydrogens (tertiary/aromatic N) is 1. The summed E-state index contributed by atoms with van der Waals surface area (Å²) < 4.78 is 37.4. The topological polar surface area (TPSA) is 23.5 Å². The Kier molecular flexibility index (Phi) is 4.54. The zero-order valence-electron chi connectivity index (χ0n) is 9.83. The molecule has 0 saturated carbocycles. The number of hydrogen-bond donors (Lipinski definition) is 1. The van der Waals surface area contributed by atoms with E-state index in [2.05, 4.69) is 0 Å². The number of benzene rings is 1. The Bertz CT molecular complexity index is 365. The lowest BCUT2D eigenvalue weighted by atomic mass is 10.1. The molecule has 1 unspecified atom stereocenters. The first-order chi connectivity index (χ1) is 7.84. The van der Waals surface area contributed by atoms with E-state index in [0.29, 0.717) is 12.1 Å². The summed E-state index contributed by atoms with van der Waals surface area (Å²) in [6, 6.07) is 5.16. The molecule has 0 aliphatic heterocycles. The number of rotatable bonds is 4. The van der Waals surface area contributed by atoms with Gasteiger partial charge < -0.3 is 5.11 Å². The second-order valence-corrected chi connectivity index (χ2v) is 4.14. The van der Waals surface area contributed by atoms with Gasteiger partial charge in [-0.2, -0.15) is 13.2 Å². The zero-order valence-corrected chi connectivity index (χ0v) is 9.83. The minimum Gasteiger partial charge on any atom is -0.395 e. The summed E-state index contributed by atoms with van der Waals surface area (Å²) in [6.07, 6.45) is -4.31. The maximum Gasteiger partial charge on any atom is 0.416 e. The Labute approximate surface area is 98.7 Å². The third-order valence-corrected chi connectivity index (χ3v) is 2.70. The number of halogens is 3. The summed E-state index contributed by atoms with van der Waals surface area (Å²) in [5, 5.41) is 8.95. The molecule has 0 heterocycles. The Balaban J connectivity index is 2.79. The third-order valence-electron chi connectivity index (χ3n) is 2.70. The molecule has 0 amide bonds. The molecule has 0 aliphatic carbocycles. The molecule has 0 radical (unpaired) electrons. The van der Waals surface area contributed by atoms with Gasteiger partial charge in [0.15, 0.2) is 0 Å². The van der Waals surface area contributed by atoms with Gasteiger partial charge in [0.1, 0.15) is 0 Å². The van der Waals surface area contributed by atoms with Gasteiger partial charge in [-0.3, -0.25) is 4.90 Å². The Morgan fingerprint density at radius 1 is 1.35 bits per heavy atom. The first kappa shape index (κ1) is 14.0. The zero-order chi connectivity index (χ0) is 13.1. The highest BCUT2D eigenvalue weighted by Crippen LogP contribution is 2.29. The number of hydrogen-bond acceptors (Lipinski definition) is 2. The molecular weight excluding hydrogens is 231 g/mol. The molecule has 96 valence electrons. The quantitative estimate of drug-likeness (QED) is 0.883. The van der Waals surface area contributed by atoms with Crippen molar-refractivity contribution >= 4 is 0 Å². The lowest BCUT2D eigenvalue weighted by Crippen LogP contribution is -2.31. The maximum absolute atomic E-state index is 12.5. The van der Waals surface area contributed by atoms with Gasteiger partial charge in [0.2, 0.25) is 0 Å². The van der Waals surface area contributed by atoms with Crippen molar-refractivity contribution < 1.29 is 18.3 Å². The summed E-state index contributed by atoms with van der Waals surface area (Å²) in [4.78, 5) is 1.80. The lowest BCUT2D eigenvalue weighted by Gasteiger charge is -2.23. The molecule has 0 bridgehead atoms. The average Bonchev–Trinajstić information content (AvgIpc) is 2.27. The highest BCUT2D eigenvalue weighted by molar-refractivity contribution is 5.25. The summed E-state index contributed by atoms with van der Waals surface area (Å²) in [5.41, 5.74) is -0.0531. The van der Waals surface area contributed by atoms with E-state index < -0.39 is 11.7 Å². The van der Waals surface area contributed by atoms with Crippen LogP contribution in [0.25, 0.3) is 0 Å². The van der Waals surface area contributed by atoms with E-state index in [1.54, 1.807) is 18.0 Å². The normalized spacial score (nSPS) is 14.1. The van der Waals surface area contributed by atoms with Crippen molar-refractivity contribution in [2.45, 2.75) is 25.7 Å². The highest BCUT2D eigenvalue weighted by Gasteiger charge is 2.30. The van der Waals surface area contributed by atoms with E-state index in [4.69, 9.17) is 5.11 Å². The van der Waals surface area contributed by atoms with E-state index in [1.165, 1.54) is 6.07 Å². The van der Waals surface area contributed by atoms with Gasteiger partial charge in [-0.1, -0.05) is 18.2 Å². The molecule has 17 heavy (non-hydrogen) atoms. The van der Waals surface area contributed by atoms with Crippen molar-refractivity contribution in [2.24, 2.45) is 0 Å². The molecule has 0 saturated heterocycles. The van der Waals surface area contributed by atoms with Crippen LogP contribution in [-0.4, -0.2) is 29.7 Å². The van der Waals surface area contributed by atoms with Gasteiger partial charge in [0.05, 0.1) is 12.2 Å².